The van der Waals surface area contributed by atoms with Crippen molar-refractivity contribution in [1.29, 1.82) is 0 Å². The Morgan fingerprint density at radius 1 is 0.152 bits per heavy atom. The Balaban J connectivity index is 0.983. The van der Waals surface area contributed by atoms with Gasteiger partial charge in [0.15, 0.2) is 17.5 Å². The molecule has 0 fully saturated rings. The van der Waals surface area contributed by atoms with Crippen LogP contribution in [-0.4, -0.2) is 28.7 Å². The van der Waals surface area contributed by atoms with Crippen molar-refractivity contribution in [3.63, 3.8) is 0 Å². The molecule has 0 spiro atoms. The number of nitrogens with zero attached hydrogens (tertiary/aromatic N) is 6. The molecule has 0 aliphatic heterocycles. The van der Waals surface area contributed by atoms with Gasteiger partial charge >= 0.3 is 0 Å². The van der Waals surface area contributed by atoms with Crippen LogP contribution in [-0.2, 0) is 0 Å². The molecule has 105 heavy (non-hydrogen) atoms. The van der Waals surface area contributed by atoms with Crippen molar-refractivity contribution in [3.8, 4) is 129 Å². The van der Waals surface area contributed by atoms with Crippen LogP contribution in [0.4, 0.5) is 0 Å². The van der Waals surface area contributed by atoms with E-state index in [-0.39, 0.29) is 0 Å². The minimum atomic E-state index is 0.588. The molecular weight excluding hydrogens is 1270 g/mol. The quantitative estimate of drug-likeness (QED) is 0.116. The number of benzene rings is 16. The summed E-state index contributed by atoms with van der Waals surface area (Å²) < 4.78 is 7.81. The lowest BCUT2D eigenvalue weighted by Crippen LogP contribution is -2.10. The maximum Gasteiger partial charge on any atom is 0.164 e. The van der Waals surface area contributed by atoms with Crippen molar-refractivity contribution in [3.05, 3.63) is 388 Å². The van der Waals surface area contributed by atoms with Crippen LogP contribution < -0.4 is 0 Å². The summed E-state index contributed by atoms with van der Waals surface area (Å²) in [5.41, 5.74) is 27.9. The summed E-state index contributed by atoms with van der Waals surface area (Å²) in [7, 11) is 0. The van der Waals surface area contributed by atoms with E-state index < -0.39 is 0 Å². The molecule has 0 unspecified atom stereocenters. The third kappa shape index (κ3) is 10.3. The van der Waals surface area contributed by atoms with E-state index in [1.807, 2.05) is 36.4 Å². The molecule has 0 saturated carbocycles. The Bertz CT molecular complexity index is 6120. The number of hydrogen-bond acceptors (Lipinski definition) is 3. The minimum Gasteiger partial charge on any atom is -0.307 e. The largest absolute Gasteiger partial charge is 0.307 e. The van der Waals surface area contributed by atoms with Crippen molar-refractivity contribution >= 4 is 65.4 Å². The van der Waals surface area contributed by atoms with Crippen LogP contribution in [0.1, 0.15) is 0 Å². The fraction of sp³-hybridized carbons (Fsp3) is 0. The highest BCUT2D eigenvalue weighted by molar-refractivity contribution is 6.25. The molecule has 0 bridgehead atoms. The van der Waals surface area contributed by atoms with E-state index in [9.17, 15) is 0 Å². The van der Waals surface area contributed by atoms with Gasteiger partial charge in [0, 0.05) is 49.0 Å². The molecule has 20 aromatic rings. The van der Waals surface area contributed by atoms with Crippen LogP contribution in [0.2, 0.25) is 0 Å². The molecule has 4 aromatic heterocycles. The van der Waals surface area contributed by atoms with Crippen molar-refractivity contribution < 1.29 is 0 Å². The first kappa shape index (κ1) is 60.9. The fourth-order valence-corrected chi connectivity index (χ4v) is 16.3. The molecule has 4 heterocycles. The second kappa shape index (κ2) is 25.5. The number of rotatable bonds is 13. The predicted octanol–water partition coefficient (Wildman–Crippen LogP) is 25.8. The summed E-state index contributed by atoms with van der Waals surface area (Å²) in [4.78, 5) is 15.6. The van der Waals surface area contributed by atoms with Crippen molar-refractivity contribution in [2.45, 2.75) is 0 Å². The lowest BCUT2D eigenvalue weighted by Gasteiger charge is -2.24. The second-order valence-corrected chi connectivity index (χ2v) is 26.9. The zero-order chi connectivity index (χ0) is 69.3. The van der Waals surface area contributed by atoms with Gasteiger partial charge in [0.25, 0.3) is 0 Å². The van der Waals surface area contributed by atoms with Crippen molar-refractivity contribution in [1.82, 2.24) is 28.7 Å². The lowest BCUT2D eigenvalue weighted by atomic mass is 9.95. The van der Waals surface area contributed by atoms with E-state index in [1.165, 1.54) is 32.3 Å². The maximum absolute atomic E-state index is 5.24. The van der Waals surface area contributed by atoms with Crippen LogP contribution in [0, 0.1) is 0 Å². The Morgan fingerprint density at radius 2 is 0.352 bits per heavy atom. The zero-order valence-corrected chi connectivity index (χ0v) is 57.1. The Kier molecular flexibility index (Phi) is 14.8. The average Bonchev–Trinajstić information content (AvgIpc) is 1.52. The third-order valence-electron chi connectivity index (χ3n) is 20.9. The van der Waals surface area contributed by atoms with Crippen LogP contribution in [0.15, 0.2) is 388 Å². The number of fused-ring (bicyclic) bond motifs is 9. The first-order chi connectivity index (χ1) is 52.1. The monoisotopic (exact) mass is 1340 g/mol. The molecule has 0 radical (unpaired) electrons. The smallest absolute Gasteiger partial charge is 0.164 e. The molecule has 0 aliphatic carbocycles. The molecule has 0 atom stereocenters. The molecule has 16 aromatic carbocycles. The summed E-state index contributed by atoms with van der Waals surface area (Å²) in [6.07, 6.45) is 0. The normalized spacial score (nSPS) is 11.6. The standard InChI is InChI=1S/C99H64N6/c1-9-31-66(32-10-1)76-47-25-53-82-90(76)91-77(67-33-11-2-12-34-67)48-26-54-83(91)103(82)88-63-75(65-59-61-74(62-60-65)99-101-97(72-43-21-7-22-44-72)100-98(102-99)73-45-23-8-24-46-73)64-89(104-84-55-27-49-78(68-35-13-3-14-36-68)92(84)93-79(50-28-56-85(93)104)69-37-15-4-16-38-69)96(88)105-86-57-29-51-80(70-39-17-5-18-40-70)94(86)95-81(52-30-58-87(95)105)71-41-19-6-20-42-71/h1-64H. The van der Waals surface area contributed by atoms with Gasteiger partial charge in [-0.25, -0.2) is 15.0 Å². The first-order valence-electron chi connectivity index (χ1n) is 35.8. The topological polar surface area (TPSA) is 53.5 Å². The second-order valence-electron chi connectivity index (χ2n) is 26.9. The Morgan fingerprint density at radius 3 is 0.590 bits per heavy atom. The molecule has 0 N–H and O–H groups in total. The number of aromatic nitrogens is 6. The highest BCUT2D eigenvalue weighted by Crippen LogP contribution is 2.52. The molecular formula is C99H64N6. The van der Waals surface area contributed by atoms with Gasteiger partial charge in [-0.15, -0.1) is 0 Å². The van der Waals surface area contributed by atoms with Crippen molar-refractivity contribution in [2.24, 2.45) is 0 Å². The van der Waals surface area contributed by atoms with E-state index in [1.54, 1.807) is 0 Å². The van der Waals surface area contributed by atoms with E-state index in [2.05, 4.69) is 366 Å². The summed E-state index contributed by atoms with van der Waals surface area (Å²) in [6, 6.07) is 141. The van der Waals surface area contributed by atoms with E-state index in [0.717, 1.165) is 145 Å². The summed E-state index contributed by atoms with van der Waals surface area (Å²) in [5.74, 6) is 1.81. The number of hydrogen-bond donors (Lipinski definition) is 0. The third-order valence-corrected chi connectivity index (χ3v) is 20.9. The summed E-state index contributed by atoms with van der Waals surface area (Å²) >= 11 is 0. The predicted molar refractivity (Wildman–Crippen MR) is 437 cm³/mol. The van der Waals surface area contributed by atoms with E-state index in [4.69, 9.17) is 15.0 Å². The summed E-state index contributed by atoms with van der Waals surface area (Å²) in [5, 5.41) is 7.00. The van der Waals surface area contributed by atoms with Gasteiger partial charge in [0.1, 0.15) is 0 Å². The highest BCUT2D eigenvalue weighted by Gasteiger charge is 2.31. The SMILES string of the molecule is c1ccc(-c2nc(-c3ccccc3)nc(-c3ccc(-c4cc(-n5c6cccc(-c7ccccc7)c6c6c(-c7ccccc7)cccc65)c(-n5c6cccc(-c7ccccc7)c6c6c(-c7ccccc7)cccc65)c(-n5c6cccc(-c7ccccc7)c6c6c(-c7ccccc7)cccc65)c4)cc3)n2)cc1. The highest BCUT2D eigenvalue weighted by atomic mass is 15.1. The maximum atomic E-state index is 5.24. The lowest BCUT2D eigenvalue weighted by molar-refractivity contribution is 1.05. The fourth-order valence-electron chi connectivity index (χ4n) is 16.3. The minimum absolute atomic E-state index is 0.588. The van der Waals surface area contributed by atoms with Crippen LogP contribution in [0.3, 0.4) is 0 Å². The van der Waals surface area contributed by atoms with Gasteiger partial charge in [-0.2, -0.15) is 0 Å². The van der Waals surface area contributed by atoms with Gasteiger partial charge in [-0.05, 0) is 126 Å². The summed E-state index contributed by atoms with van der Waals surface area (Å²) in [6.45, 7) is 0. The average molecular weight is 1340 g/mol. The molecule has 0 aliphatic rings. The molecule has 490 valence electrons. The molecule has 6 heteroatoms. The molecule has 0 saturated heterocycles. The van der Waals surface area contributed by atoms with Gasteiger partial charge < -0.3 is 13.7 Å². The van der Waals surface area contributed by atoms with Crippen LogP contribution in [0.5, 0.6) is 0 Å². The van der Waals surface area contributed by atoms with Gasteiger partial charge in [0.2, 0.25) is 0 Å². The van der Waals surface area contributed by atoms with Crippen LogP contribution in [0.25, 0.3) is 195 Å². The first-order valence-corrected chi connectivity index (χ1v) is 35.8. The zero-order valence-electron chi connectivity index (χ0n) is 57.1. The molecule has 6 nitrogen and oxygen atoms in total. The van der Waals surface area contributed by atoms with E-state index in [0.29, 0.717) is 17.5 Å². The van der Waals surface area contributed by atoms with Gasteiger partial charge in [0.05, 0.1) is 50.2 Å². The van der Waals surface area contributed by atoms with Crippen molar-refractivity contribution in [2.75, 3.05) is 0 Å². The van der Waals surface area contributed by atoms with Crippen LogP contribution >= 0.6 is 0 Å². The Labute approximate surface area is 607 Å². The Hall–Kier alpha value is -14.1. The molecule has 0 amide bonds. The molecule has 20 rings (SSSR count). The van der Waals surface area contributed by atoms with E-state index >= 15 is 0 Å². The van der Waals surface area contributed by atoms with Gasteiger partial charge in [-0.1, -0.05) is 340 Å². The van der Waals surface area contributed by atoms with Gasteiger partial charge in [-0.3, -0.25) is 0 Å².